The van der Waals surface area contributed by atoms with Crippen molar-refractivity contribution in [2.45, 2.75) is 25.5 Å². The highest BCUT2D eigenvalue weighted by Gasteiger charge is 2.31. The highest BCUT2D eigenvalue weighted by molar-refractivity contribution is 7.88. The third-order valence-electron chi connectivity index (χ3n) is 5.52. The van der Waals surface area contributed by atoms with E-state index in [2.05, 4.69) is 17.2 Å². The molecule has 8 heteroatoms. The van der Waals surface area contributed by atoms with Crippen LogP contribution in [-0.2, 0) is 20.6 Å². The molecular formula is C24H29N3O4S. The number of nitrogens with zero attached hydrogens (tertiary/aromatic N) is 1. The van der Waals surface area contributed by atoms with Gasteiger partial charge in [-0.25, -0.2) is 12.7 Å². The Morgan fingerprint density at radius 2 is 1.75 bits per heavy atom. The molecule has 0 saturated carbocycles. The van der Waals surface area contributed by atoms with Gasteiger partial charge in [0, 0.05) is 25.6 Å². The van der Waals surface area contributed by atoms with Crippen LogP contribution in [0.3, 0.4) is 0 Å². The van der Waals surface area contributed by atoms with Crippen LogP contribution in [0.15, 0.2) is 61.2 Å². The molecule has 2 N–H and O–H groups in total. The van der Waals surface area contributed by atoms with E-state index in [1.807, 2.05) is 31.2 Å². The molecule has 1 fully saturated rings. The van der Waals surface area contributed by atoms with E-state index >= 15 is 0 Å². The van der Waals surface area contributed by atoms with Crippen LogP contribution in [0.25, 0.3) is 0 Å². The van der Waals surface area contributed by atoms with Gasteiger partial charge in [0.15, 0.2) is 0 Å². The number of sulfonamides is 1. The summed E-state index contributed by atoms with van der Waals surface area (Å²) in [6, 6.07) is 14.3. The Kier molecular flexibility index (Phi) is 7.82. The molecule has 2 aromatic rings. The maximum absolute atomic E-state index is 12.8. The number of benzene rings is 2. The maximum atomic E-state index is 12.8. The van der Waals surface area contributed by atoms with Crippen LogP contribution in [0.4, 0.5) is 5.69 Å². The summed E-state index contributed by atoms with van der Waals surface area (Å²) in [4.78, 5) is 25.1. The number of hydrogen-bond acceptors (Lipinski definition) is 4. The molecule has 32 heavy (non-hydrogen) atoms. The number of rotatable bonds is 8. The molecule has 0 aliphatic carbocycles. The van der Waals surface area contributed by atoms with Gasteiger partial charge in [0.05, 0.1) is 17.0 Å². The lowest BCUT2D eigenvalue weighted by Gasteiger charge is -2.30. The van der Waals surface area contributed by atoms with E-state index in [1.54, 1.807) is 30.3 Å². The molecule has 1 aliphatic rings. The molecule has 1 aliphatic heterocycles. The summed E-state index contributed by atoms with van der Waals surface area (Å²) in [5.41, 5.74) is 2.65. The molecule has 0 unspecified atom stereocenters. The second kappa shape index (κ2) is 10.6. The van der Waals surface area contributed by atoms with Gasteiger partial charge in [-0.2, -0.15) is 0 Å². The minimum absolute atomic E-state index is 0.0443. The van der Waals surface area contributed by atoms with Crippen molar-refractivity contribution in [2.24, 2.45) is 5.92 Å². The molecule has 0 spiro atoms. The number of aryl methyl sites for hydroxylation is 1. The van der Waals surface area contributed by atoms with E-state index in [4.69, 9.17) is 0 Å². The number of anilines is 1. The Balaban J connectivity index is 1.58. The van der Waals surface area contributed by atoms with Crippen molar-refractivity contribution in [3.63, 3.8) is 0 Å². The van der Waals surface area contributed by atoms with Crippen molar-refractivity contribution >= 4 is 27.5 Å². The van der Waals surface area contributed by atoms with Gasteiger partial charge in [0.2, 0.25) is 15.9 Å². The van der Waals surface area contributed by atoms with E-state index in [1.165, 1.54) is 4.31 Å². The molecule has 0 bridgehead atoms. The highest BCUT2D eigenvalue weighted by atomic mass is 32.2. The zero-order chi connectivity index (χ0) is 23.1. The first-order chi connectivity index (χ1) is 15.3. The van der Waals surface area contributed by atoms with Gasteiger partial charge in [-0.1, -0.05) is 48.0 Å². The molecular weight excluding hydrogens is 426 g/mol. The van der Waals surface area contributed by atoms with Gasteiger partial charge in [-0.05, 0) is 37.5 Å². The molecule has 7 nitrogen and oxygen atoms in total. The minimum Gasteiger partial charge on any atom is -0.349 e. The van der Waals surface area contributed by atoms with Crippen LogP contribution < -0.4 is 10.6 Å². The Bertz CT molecular complexity index is 1070. The predicted octanol–water partition coefficient (Wildman–Crippen LogP) is 3.09. The van der Waals surface area contributed by atoms with Crippen molar-refractivity contribution in [3.8, 4) is 0 Å². The molecule has 3 rings (SSSR count). The molecule has 0 radical (unpaired) electrons. The average molecular weight is 456 g/mol. The summed E-state index contributed by atoms with van der Waals surface area (Å²) in [6.07, 6.45) is 2.45. The molecule has 2 aromatic carbocycles. The molecule has 0 aromatic heterocycles. The number of hydrogen-bond donors (Lipinski definition) is 2. The Hall–Kier alpha value is -2.97. The van der Waals surface area contributed by atoms with Crippen molar-refractivity contribution in [2.75, 3.05) is 25.0 Å². The number of carbonyl (C=O) groups is 2. The second-order valence-corrected chi connectivity index (χ2v) is 9.92. The standard InChI is InChI=1S/C24H29N3O4S/c1-3-14-25-24(29)21-6-4-5-7-22(21)26-23(28)20-12-15-27(16-13-20)32(30,31)17-19-10-8-18(2)9-11-19/h3-11,20H,1,12-17H2,2H3,(H,25,29)(H,26,28). The third-order valence-corrected chi connectivity index (χ3v) is 7.37. The van der Waals surface area contributed by atoms with Crippen LogP contribution in [0.2, 0.25) is 0 Å². The first-order valence-electron chi connectivity index (χ1n) is 10.6. The van der Waals surface area contributed by atoms with E-state index in [9.17, 15) is 18.0 Å². The monoisotopic (exact) mass is 455 g/mol. The molecule has 1 heterocycles. The summed E-state index contributed by atoms with van der Waals surface area (Å²) < 4.78 is 27.0. The smallest absolute Gasteiger partial charge is 0.253 e. The molecule has 170 valence electrons. The summed E-state index contributed by atoms with van der Waals surface area (Å²) in [6.45, 7) is 6.46. The Morgan fingerprint density at radius 3 is 2.41 bits per heavy atom. The van der Waals surface area contributed by atoms with Gasteiger partial charge in [0.1, 0.15) is 0 Å². The lowest BCUT2D eigenvalue weighted by molar-refractivity contribution is -0.120. The van der Waals surface area contributed by atoms with E-state index in [-0.39, 0.29) is 23.5 Å². The number of nitrogens with one attached hydrogen (secondary N) is 2. The van der Waals surface area contributed by atoms with Crippen molar-refractivity contribution in [1.29, 1.82) is 0 Å². The number of para-hydroxylation sites is 1. The molecule has 0 atom stereocenters. The Labute approximate surface area is 189 Å². The lowest BCUT2D eigenvalue weighted by atomic mass is 9.97. The molecule has 1 saturated heterocycles. The third kappa shape index (κ3) is 6.05. The fourth-order valence-electron chi connectivity index (χ4n) is 3.67. The number of amides is 2. The van der Waals surface area contributed by atoms with Gasteiger partial charge >= 0.3 is 0 Å². The fourth-order valence-corrected chi connectivity index (χ4v) is 5.23. The van der Waals surface area contributed by atoms with Crippen LogP contribution in [-0.4, -0.2) is 44.2 Å². The fraction of sp³-hybridized carbons (Fsp3) is 0.333. The van der Waals surface area contributed by atoms with Gasteiger partial charge in [0.25, 0.3) is 5.91 Å². The molecule has 2 amide bonds. The highest BCUT2D eigenvalue weighted by Crippen LogP contribution is 2.24. The minimum atomic E-state index is -3.44. The van der Waals surface area contributed by atoms with Gasteiger partial charge in [-0.15, -0.1) is 6.58 Å². The van der Waals surface area contributed by atoms with E-state index < -0.39 is 10.0 Å². The van der Waals surface area contributed by atoms with Crippen LogP contribution in [0.5, 0.6) is 0 Å². The Morgan fingerprint density at radius 1 is 1.09 bits per heavy atom. The van der Waals surface area contributed by atoms with Crippen LogP contribution in [0, 0.1) is 12.8 Å². The van der Waals surface area contributed by atoms with Gasteiger partial charge < -0.3 is 10.6 Å². The summed E-state index contributed by atoms with van der Waals surface area (Å²) >= 11 is 0. The SMILES string of the molecule is C=CCNC(=O)c1ccccc1NC(=O)C1CCN(S(=O)(=O)Cc2ccc(C)cc2)CC1. The zero-order valence-electron chi connectivity index (χ0n) is 18.2. The predicted molar refractivity (Wildman–Crippen MR) is 126 cm³/mol. The maximum Gasteiger partial charge on any atom is 0.253 e. The first-order valence-corrected chi connectivity index (χ1v) is 12.2. The average Bonchev–Trinajstić information content (AvgIpc) is 2.79. The van der Waals surface area contributed by atoms with Crippen molar-refractivity contribution in [3.05, 3.63) is 77.9 Å². The van der Waals surface area contributed by atoms with Crippen LogP contribution in [0.1, 0.15) is 34.3 Å². The quantitative estimate of drug-likeness (QED) is 0.598. The summed E-state index contributed by atoms with van der Waals surface area (Å²) in [5.74, 6) is -0.857. The van der Waals surface area contributed by atoms with Crippen LogP contribution >= 0.6 is 0 Å². The lowest BCUT2D eigenvalue weighted by Crippen LogP contribution is -2.42. The van der Waals surface area contributed by atoms with Crippen molar-refractivity contribution in [1.82, 2.24) is 9.62 Å². The van der Waals surface area contributed by atoms with E-state index in [0.29, 0.717) is 43.7 Å². The number of piperidine rings is 1. The number of carbonyl (C=O) groups excluding carboxylic acids is 2. The van der Waals surface area contributed by atoms with E-state index in [0.717, 1.165) is 11.1 Å². The second-order valence-electron chi connectivity index (χ2n) is 7.95. The topological polar surface area (TPSA) is 95.6 Å². The first kappa shape index (κ1) is 23.7. The largest absolute Gasteiger partial charge is 0.349 e. The normalized spacial score (nSPS) is 15.2. The van der Waals surface area contributed by atoms with Crippen molar-refractivity contribution < 1.29 is 18.0 Å². The summed E-state index contributed by atoms with van der Waals surface area (Å²) in [5, 5.41) is 5.55. The van der Waals surface area contributed by atoms with Gasteiger partial charge in [-0.3, -0.25) is 9.59 Å². The summed E-state index contributed by atoms with van der Waals surface area (Å²) in [7, 11) is -3.44. The zero-order valence-corrected chi connectivity index (χ0v) is 19.0.